The largest absolute Gasteiger partial charge is 0.329 e. The molecule has 18 heavy (non-hydrogen) atoms. The molecule has 0 aliphatic heterocycles. The van der Waals surface area contributed by atoms with Gasteiger partial charge in [0.2, 0.25) is 0 Å². The van der Waals surface area contributed by atoms with Crippen molar-refractivity contribution in [2.75, 3.05) is 13.6 Å². The molecule has 1 fully saturated rings. The molecule has 1 atom stereocenters. The zero-order valence-corrected chi connectivity index (χ0v) is 13.9. The minimum Gasteiger partial charge on any atom is -0.329 e. The van der Waals surface area contributed by atoms with E-state index >= 15 is 0 Å². The summed E-state index contributed by atoms with van der Waals surface area (Å²) in [4.78, 5) is 2.46. The van der Waals surface area contributed by atoms with Gasteiger partial charge in [0.25, 0.3) is 0 Å². The van der Waals surface area contributed by atoms with Crippen molar-refractivity contribution in [3.8, 4) is 0 Å². The third kappa shape index (κ3) is 3.16. The summed E-state index contributed by atoms with van der Waals surface area (Å²) in [6, 6.07) is 7.44. The maximum absolute atomic E-state index is 5.99. The maximum Gasteiger partial charge on any atom is 0.0470 e. The molecular formula is C14H20Br2N2. The number of hydrogen-bond donors (Lipinski definition) is 1. The molecule has 1 aromatic carbocycles. The highest BCUT2D eigenvalue weighted by molar-refractivity contribution is 9.13. The van der Waals surface area contributed by atoms with E-state index in [1.54, 1.807) is 0 Å². The van der Waals surface area contributed by atoms with Crippen LogP contribution in [0.25, 0.3) is 0 Å². The standard InChI is InChI=1S/C14H20Br2N2/c1-18(11-4-2-3-5-11)14(9-17)10-6-7-12(15)13(16)8-10/h6-8,11,14H,2-5,9,17H2,1H3. The second-order valence-corrected chi connectivity index (χ2v) is 6.74. The van der Waals surface area contributed by atoms with Crippen LogP contribution in [0.3, 0.4) is 0 Å². The van der Waals surface area contributed by atoms with Crippen LogP contribution in [0.5, 0.6) is 0 Å². The Morgan fingerprint density at radius 2 is 1.94 bits per heavy atom. The van der Waals surface area contributed by atoms with Gasteiger partial charge < -0.3 is 5.73 Å². The molecule has 0 saturated heterocycles. The Labute approximate surface area is 126 Å². The lowest BCUT2D eigenvalue weighted by Crippen LogP contribution is -2.37. The van der Waals surface area contributed by atoms with Crippen molar-refractivity contribution in [2.24, 2.45) is 5.73 Å². The van der Waals surface area contributed by atoms with Crippen LogP contribution in [0.1, 0.15) is 37.3 Å². The Kier molecular flexibility index (Phi) is 5.24. The van der Waals surface area contributed by atoms with Crippen molar-refractivity contribution in [2.45, 2.75) is 37.8 Å². The monoisotopic (exact) mass is 374 g/mol. The van der Waals surface area contributed by atoms with E-state index in [2.05, 4.69) is 62.0 Å². The first kappa shape index (κ1) is 14.5. The van der Waals surface area contributed by atoms with Gasteiger partial charge in [0.05, 0.1) is 0 Å². The van der Waals surface area contributed by atoms with E-state index in [1.807, 2.05) is 0 Å². The molecule has 100 valence electrons. The zero-order chi connectivity index (χ0) is 13.1. The number of likely N-dealkylation sites (N-methyl/N-ethyl adjacent to an activating group) is 1. The molecule has 1 saturated carbocycles. The highest BCUT2D eigenvalue weighted by Gasteiger charge is 2.26. The quantitative estimate of drug-likeness (QED) is 0.858. The molecule has 1 aromatic rings. The predicted octanol–water partition coefficient (Wildman–Crippen LogP) is 4.09. The molecule has 0 radical (unpaired) electrons. The Morgan fingerprint density at radius 1 is 1.28 bits per heavy atom. The molecule has 0 aromatic heterocycles. The van der Waals surface area contributed by atoms with Crippen molar-refractivity contribution in [1.29, 1.82) is 0 Å². The molecule has 0 amide bonds. The molecule has 1 aliphatic rings. The Morgan fingerprint density at radius 3 is 2.50 bits per heavy atom. The third-order valence-corrected chi connectivity index (χ3v) is 5.82. The average Bonchev–Trinajstić information content (AvgIpc) is 2.88. The smallest absolute Gasteiger partial charge is 0.0470 e. The van der Waals surface area contributed by atoms with Gasteiger partial charge in [-0.05, 0) is 69.4 Å². The fourth-order valence-corrected chi connectivity index (χ4v) is 3.47. The van der Waals surface area contributed by atoms with E-state index in [0.717, 1.165) is 8.95 Å². The molecule has 0 bridgehead atoms. The lowest BCUT2D eigenvalue weighted by Gasteiger charge is -2.32. The van der Waals surface area contributed by atoms with Gasteiger partial charge in [-0.1, -0.05) is 18.9 Å². The Balaban J connectivity index is 2.18. The van der Waals surface area contributed by atoms with E-state index in [9.17, 15) is 0 Å². The lowest BCUT2D eigenvalue weighted by molar-refractivity contribution is 0.179. The van der Waals surface area contributed by atoms with Gasteiger partial charge in [-0.15, -0.1) is 0 Å². The molecule has 2 N–H and O–H groups in total. The van der Waals surface area contributed by atoms with E-state index in [0.29, 0.717) is 18.6 Å². The van der Waals surface area contributed by atoms with E-state index < -0.39 is 0 Å². The first-order chi connectivity index (χ1) is 8.63. The summed E-state index contributed by atoms with van der Waals surface area (Å²) in [6.45, 7) is 0.668. The van der Waals surface area contributed by atoms with Crippen LogP contribution in [0.15, 0.2) is 27.1 Å². The molecule has 1 unspecified atom stereocenters. The molecule has 0 spiro atoms. The SMILES string of the molecule is CN(C1CCCC1)C(CN)c1ccc(Br)c(Br)c1. The molecule has 0 heterocycles. The minimum absolute atomic E-state index is 0.317. The van der Waals surface area contributed by atoms with Crippen molar-refractivity contribution in [1.82, 2.24) is 4.90 Å². The van der Waals surface area contributed by atoms with Crippen molar-refractivity contribution < 1.29 is 0 Å². The molecule has 4 heteroatoms. The van der Waals surface area contributed by atoms with Crippen LogP contribution in [-0.2, 0) is 0 Å². The second-order valence-electron chi connectivity index (χ2n) is 5.03. The summed E-state index contributed by atoms with van der Waals surface area (Å²) in [5.41, 5.74) is 7.29. The highest BCUT2D eigenvalue weighted by atomic mass is 79.9. The fourth-order valence-electron chi connectivity index (χ4n) is 2.82. The van der Waals surface area contributed by atoms with Crippen LogP contribution < -0.4 is 5.73 Å². The van der Waals surface area contributed by atoms with Gasteiger partial charge in [0, 0.05) is 27.6 Å². The number of halogens is 2. The van der Waals surface area contributed by atoms with Crippen LogP contribution in [0, 0.1) is 0 Å². The lowest BCUT2D eigenvalue weighted by atomic mass is 10.0. The van der Waals surface area contributed by atoms with Gasteiger partial charge in [0.1, 0.15) is 0 Å². The topological polar surface area (TPSA) is 29.3 Å². The van der Waals surface area contributed by atoms with E-state index in [-0.39, 0.29) is 0 Å². The first-order valence-electron chi connectivity index (χ1n) is 6.50. The van der Waals surface area contributed by atoms with Gasteiger partial charge in [-0.2, -0.15) is 0 Å². The fraction of sp³-hybridized carbons (Fsp3) is 0.571. The van der Waals surface area contributed by atoms with E-state index in [1.165, 1.54) is 31.2 Å². The Bertz CT molecular complexity index is 403. The summed E-state index contributed by atoms with van der Waals surface area (Å²) >= 11 is 7.08. The first-order valence-corrected chi connectivity index (χ1v) is 8.09. The molecular weight excluding hydrogens is 356 g/mol. The summed E-state index contributed by atoms with van der Waals surface area (Å²) in [5.74, 6) is 0. The summed E-state index contributed by atoms with van der Waals surface area (Å²) in [6.07, 6.45) is 5.34. The Hall–Kier alpha value is 0.1000. The van der Waals surface area contributed by atoms with Crippen molar-refractivity contribution in [3.63, 3.8) is 0 Å². The molecule has 1 aliphatic carbocycles. The van der Waals surface area contributed by atoms with Crippen LogP contribution in [-0.4, -0.2) is 24.5 Å². The zero-order valence-electron chi connectivity index (χ0n) is 10.7. The van der Waals surface area contributed by atoms with Gasteiger partial charge >= 0.3 is 0 Å². The summed E-state index contributed by atoms with van der Waals surface area (Å²) < 4.78 is 2.18. The number of hydrogen-bond acceptors (Lipinski definition) is 2. The second kappa shape index (κ2) is 6.51. The van der Waals surface area contributed by atoms with Gasteiger partial charge in [-0.25, -0.2) is 0 Å². The number of benzene rings is 1. The summed E-state index contributed by atoms with van der Waals surface area (Å²) in [5, 5.41) is 0. The van der Waals surface area contributed by atoms with Crippen LogP contribution >= 0.6 is 31.9 Å². The van der Waals surface area contributed by atoms with Crippen LogP contribution in [0.4, 0.5) is 0 Å². The third-order valence-electron chi connectivity index (χ3n) is 3.94. The number of rotatable bonds is 4. The van der Waals surface area contributed by atoms with Gasteiger partial charge in [0.15, 0.2) is 0 Å². The predicted molar refractivity (Wildman–Crippen MR) is 83.7 cm³/mol. The maximum atomic E-state index is 5.99. The number of nitrogens with two attached hydrogens (primary N) is 1. The highest BCUT2D eigenvalue weighted by Crippen LogP contribution is 2.32. The summed E-state index contributed by atoms with van der Waals surface area (Å²) in [7, 11) is 2.21. The van der Waals surface area contributed by atoms with Crippen molar-refractivity contribution in [3.05, 3.63) is 32.7 Å². The van der Waals surface area contributed by atoms with E-state index in [4.69, 9.17) is 5.73 Å². The minimum atomic E-state index is 0.317. The average molecular weight is 376 g/mol. The molecule has 2 rings (SSSR count). The van der Waals surface area contributed by atoms with Crippen molar-refractivity contribution >= 4 is 31.9 Å². The molecule has 2 nitrogen and oxygen atoms in total. The van der Waals surface area contributed by atoms with Crippen LogP contribution in [0.2, 0.25) is 0 Å². The van der Waals surface area contributed by atoms with Gasteiger partial charge in [-0.3, -0.25) is 4.90 Å². The number of nitrogens with zero attached hydrogens (tertiary/aromatic N) is 1. The normalized spacial score (nSPS) is 18.5.